The molecule has 1 nitrogen and oxygen atoms in total. The van der Waals surface area contributed by atoms with Crippen LogP contribution in [0.1, 0.15) is 19.3 Å². The Morgan fingerprint density at radius 1 is 1.67 bits per heavy atom. The zero-order valence-electron chi connectivity index (χ0n) is 3.72. The van der Waals surface area contributed by atoms with E-state index in [2.05, 4.69) is 0 Å². The normalized spacial score (nSPS) is 25.5. The van der Waals surface area contributed by atoms with E-state index >= 15 is 0 Å². The van der Waals surface area contributed by atoms with E-state index < -0.39 is 0 Å². The summed E-state index contributed by atoms with van der Waals surface area (Å²) >= 11 is 0. The van der Waals surface area contributed by atoms with Gasteiger partial charge in [-0.25, -0.2) is 0 Å². The maximum absolute atomic E-state index is 8.67. The second-order valence-corrected chi connectivity index (χ2v) is 1.73. The summed E-state index contributed by atoms with van der Waals surface area (Å²) in [6, 6.07) is 0. The molecule has 1 aliphatic carbocycles. The van der Waals surface area contributed by atoms with E-state index in [-0.39, 0.29) is 6.10 Å². The first-order valence-corrected chi connectivity index (χ1v) is 2.41. The summed E-state index contributed by atoms with van der Waals surface area (Å²) in [5, 5.41) is 8.67. The molecule has 1 aliphatic rings. The Bertz CT molecular complexity index is 37.2. The van der Waals surface area contributed by atoms with Gasteiger partial charge >= 0.3 is 0 Å². The molecule has 0 heterocycles. The van der Waals surface area contributed by atoms with E-state index in [1.165, 1.54) is 6.42 Å². The van der Waals surface area contributed by atoms with Gasteiger partial charge in [-0.05, 0) is 19.3 Å². The molecule has 1 unspecified atom stereocenters. The first kappa shape index (κ1) is 4.13. The smallest absolute Gasteiger partial charge is 0.0572 e. The highest BCUT2D eigenvalue weighted by Gasteiger charge is 2.09. The molecule has 0 saturated heterocycles. The zero-order valence-corrected chi connectivity index (χ0v) is 3.72. The molecule has 0 aliphatic heterocycles. The lowest BCUT2D eigenvalue weighted by molar-refractivity contribution is 0.215. The molecule has 0 aromatic rings. The van der Waals surface area contributed by atoms with E-state index in [1.54, 1.807) is 0 Å². The molecule has 6 heavy (non-hydrogen) atoms. The minimum atomic E-state index is -0.0787. The van der Waals surface area contributed by atoms with Crippen LogP contribution in [0, 0.1) is 6.42 Å². The highest BCUT2D eigenvalue weighted by Crippen LogP contribution is 2.15. The van der Waals surface area contributed by atoms with Crippen molar-refractivity contribution in [1.82, 2.24) is 0 Å². The van der Waals surface area contributed by atoms with Crippen LogP contribution >= 0.6 is 0 Å². The molecule has 1 saturated carbocycles. The molecule has 35 valence electrons. The predicted octanol–water partition coefficient (Wildman–Crippen LogP) is 0.735. The molecule has 0 aromatic heterocycles. The van der Waals surface area contributed by atoms with E-state index in [1.807, 2.05) is 6.42 Å². The van der Waals surface area contributed by atoms with Crippen molar-refractivity contribution in [3.8, 4) is 0 Å². The molecule has 1 radical (unpaired) electrons. The topological polar surface area (TPSA) is 20.2 Å². The summed E-state index contributed by atoms with van der Waals surface area (Å²) in [6.07, 6.45) is 5.16. The molecule has 1 atom stereocenters. The number of aliphatic hydroxyl groups excluding tert-OH is 1. The maximum Gasteiger partial charge on any atom is 0.0572 e. The van der Waals surface area contributed by atoms with Crippen LogP contribution in [0.4, 0.5) is 0 Å². The molecule has 1 fully saturated rings. The van der Waals surface area contributed by atoms with Crippen molar-refractivity contribution in [1.29, 1.82) is 0 Å². The lowest BCUT2D eigenvalue weighted by Crippen LogP contribution is -1.95. The van der Waals surface area contributed by atoms with Crippen molar-refractivity contribution in [2.45, 2.75) is 25.4 Å². The summed E-state index contributed by atoms with van der Waals surface area (Å²) in [4.78, 5) is 0. The Hall–Kier alpha value is -0.0400. The summed E-state index contributed by atoms with van der Waals surface area (Å²) in [7, 11) is 0. The molecule has 0 spiro atoms. The Kier molecular flexibility index (Phi) is 1.10. The van der Waals surface area contributed by atoms with Gasteiger partial charge in [0.25, 0.3) is 0 Å². The van der Waals surface area contributed by atoms with Crippen LogP contribution in [0.5, 0.6) is 0 Å². The Morgan fingerprint density at radius 3 is 2.67 bits per heavy atom. The summed E-state index contributed by atoms with van der Waals surface area (Å²) in [6.45, 7) is 0. The largest absolute Gasteiger partial charge is 0.393 e. The lowest BCUT2D eigenvalue weighted by atomic mass is 10.3. The Labute approximate surface area is 38.0 Å². The highest BCUT2D eigenvalue weighted by atomic mass is 16.3. The van der Waals surface area contributed by atoms with Gasteiger partial charge in [0.1, 0.15) is 0 Å². The maximum atomic E-state index is 8.67. The Morgan fingerprint density at radius 2 is 2.50 bits per heavy atom. The molecular weight excluding hydrogens is 76.1 g/mol. The first-order valence-electron chi connectivity index (χ1n) is 2.41. The fourth-order valence-corrected chi connectivity index (χ4v) is 0.755. The minimum Gasteiger partial charge on any atom is -0.393 e. The third-order valence-corrected chi connectivity index (χ3v) is 1.14. The van der Waals surface area contributed by atoms with Crippen molar-refractivity contribution in [2.75, 3.05) is 0 Å². The second-order valence-electron chi connectivity index (χ2n) is 1.73. The van der Waals surface area contributed by atoms with Crippen LogP contribution in [-0.4, -0.2) is 11.2 Å². The average molecular weight is 85.1 g/mol. The molecule has 0 amide bonds. The predicted molar refractivity (Wildman–Crippen MR) is 24.2 cm³/mol. The Balaban J connectivity index is 2.18. The lowest BCUT2D eigenvalue weighted by Gasteiger charge is -1.90. The quantitative estimate of drug-likeness (QED) is 0.460. The number of rotatable bonds is 0. The van der Waals surface area contributed by atoms with Gasteiger partial charge in [0.15, 0.2) is 0 Å². The highest BCUT2D eigenvalue weighted by molar-refractivity contribution is 4.81. The fraction of sp³-hybridized carbons (Fsp3) is 0.800. The molecule has 0 bridgehead atoms. The van der Waals surface area contributed by atoms with E-state index in [4.69, 9.17) is 5.11 Å². The van der Waals surface area contributed by atoms with Gasteiger partial charge in [-0.3, -0.25) is 0 Å². The first-order chi connectivity index (χ1) is 2.89. The molecule has 0 aromatic carbocycles. The third kappa shape index (κ3) is 0.716. The molecular formula is C5H9O. The van der Waals surface area contributed by atoms with Crippen LogP contribution in [0.3, 0.4) is 0 Å². The van der Waals surface area contributed by atoms with E-state index in [0.717, 1.165) is 12.8 Å². The van der Waals surface area contributed by atoms with Gasteiger partial charge in [0.2, 0.25) is 0 Å². The SMILES string of the molecule is OC1[CH]CCC1. The zero-order chi connectivity index (χ0) is 4.41. The molecule has 1 N–H and O–H groups in total. The third-order valence-electron chi connectivity index (χ3n) is 1.14. The van der Waals surface area contributed by atoms with Crippen molar-refractivity contribution in [2.24, 2.45) is 0 Å². The second kappa shape index (κ2) is 1.61. The van der Waals surface area contributed by atoms with Gasteiger partial charge in [0, 0.05) is 0 Å². The van der Waals surface area contributed by atoms with Gasteiger partial charge in [-0.2, -0.15) is 0 Å². The van der Waals surface area contributed by atoms with Crippen molar-refractivity contribution < 1.29 is 5.11 Å². The van der Waals surface area contributed by atoms with Gasteiger partial charge < -0.3 is 5.11 Å². The van der Waals surface area contributed by atoms with Crippen LogP contribution in [0.25, 0.3) is 0 Å². The standard InChI is InChI=1S/C5H9O/c6-5-3-1-2-4-5/h3,5-6H,1-2,4H2. The average Bonchev–Trinajstić information content (AvgIpc) is 1.86. The summed E-state index contributed by atoms with van der Waals surface area (Å²) < 4.78 is 0. The number of hydrogen-bond donors (Lipinski definition) is 1. The van der Waals surface area contributed by atoms with Gasteiger partial charge in [0.05, 0.1) is 6.10 Å². The van der Waals surface area contributed by atoms with Crippen molar-refractivity contribution in [3.63, 3.8) is 0 Å². The number of aliphatic hydroxyl groups is 1. The van der Waals surface area contributed by atoms with Crippen molar-refractivity contribution in [3.05, 3.63) is 6.42 Å². The summed E-state index contributed by atoms with van der Waals surface area (Å²) in [5.74, 6) is 0. The van der Waals surface area contributed by atoms with Crippen molar-refractivity contribution >= 4 is 0 Å². The fourth-order valence-electron chi connectivity index (χ4n) is 0.755. The number of hydrogen-bond acceptors (Lipinski definition) is 1. The van der Waals surface area contributed by atoms with Crippen LogP contribution in [0.2, 0.25) is 0 Å². The van der Waals surface area contributed by atoms with Gasteiger partial charge in [-0.1, -0.05) is 6.42 Å². The van der Waals surface area contributed by atoms with Gasteiger partial charge in [-0.15, -0.1) is 0 Å². The molecule has 1 heteroatoms. The molecule has 1 rings (SSSR count). The minimum absolute atomic E-state index is 0.0787. The summed E-state index contributed by atoms with van der Waals surface area (Å²) in [5.41, 5.74) is 0. The van der Waals surface area contributed by atoms with Crippen LogP contribution in [0.15, 0.2) is 0 Å². The van der Waals surface area contributed by atoms with E-state index in [0.29, 0.717) is 0 Å². The monoisotopic (exact) mass is 85.1 g/mol. The van der Waals surface area contributed by atoms with E-state index in [9.17, 15) is 0 Å². The van der Waals surface area contributed by atoms with Crippen LogP contribution in [-0.2, 0) is 0 Å². The van der Waals surface area contributed by atoms with Crippen LogP contribution < -0.4 is 0 Å².